The summed E-state index contributed by atoms with van der Waals surface area (Å²) >= 11 is 0. The van der Waals surface area contributed by atoms with Gasteiger partial charge in [0.1, 0.15) is 0 Å². The topological polar surface area (TPSA) is 75.4 Å². The van der Waals surface area contributed by atoms with Crippen molar-refractivity contribution >= 4 is 22.8 Å². The first-order valence-electron chi connectivity index (χ1n) is 8.53. The minimum absolute atomic E-state index is 0.102. The van der Waals surface area contributed by atoms with Crippen molar-refractivity contribution in [3.05, 3.63) is 65.4 Å². The summed E-state index contributed by atoms with van der Waals surface area (Å²) in [5.74, 6) is -1.70. The molecule has 1 aliphatic heterocycles. The highest BCUT2D eigenvalue weighted by atomic mass is 16.4. The highest BCUT2D eigenvalue weighted by molar-refractivity contribution is 5.88. The van der Waals surface area contributed by atoms with E-state index in [1.807, 2.05) is 55.6 Å². The van der Waals surface area contributed by atoms with Crippen LogP contribution in [0.3, 0.4) is 0 Å². The SMILES string of the molecule is Cn1nc(CC(=O)N2Cc3ccccc3C(C(=O)O)C2)c2ccccc21. The number of aryl methyl sites for hydroxylation is 1. The van der Waals surface area contributed by atoms with Crippen LogP contribution in [-0.2, 0) is 29.6 Å². The standard InChI is InChI=1S/C20H19N3O3/c1-22-18-9-5-4-8-15(18)17(21-22)10-19(24)23-11-13-6-2-3-7-14(13)16(12-23)20(25)26/h2-9,16H,10-12H2,1H3,(H,25,26). The zero-order chi connectivity index (χ0) is 18.3. The minimum Gasteiger partial charge on any atom is -0.481 e. The number of carbonyl (C=O) groups excluding carboxylic acids is 1. The highest BCUT2D eigenvalue weighted by Gasteiger charge is 2.32. The van der Waals surface area contributed by atoms with Crippen molar-refractivity contribution in [1.82, 2.24) is 14.7 Å². The Bertz CT molecular complexity index is 1010. The van der Waals surface area contributed by atoms with Gasteiger partial charge >= 0.3 is 5.97 Å². The van der Waals surface area contributed by atoms with Crippen LogP contribution in [0, 0.1) is 0 Å². The van der Waals surface area contributed by atoms with E-state index in [4.69, 9.17) is 0 Å². The normalized spacial score (nSPS) is 16.5. The minimum atomic E-state index is -0.904. The number of aliphatic carboxylic acids is 1. The summed E-state index contributed by atoms with van der Waals surface area (Å²) in [7, 11) is 1.86. The number of nitrogens with zero attached hydrogens (tertiary/aromatic N) is 3. The molecule has 132 valence electrons. The molecule has 2 heterocycles. The van der Waals surface area contributed by atoms with Gasteiger partial charge in [0.2, 0.25) is 5.91 Å². The monoisotopic (exact) mass is 349 g/mol. The Balaban J connectivity index is 1.62. The summed E-state index contributed by atoms with van der Waals surface area (Å²) in [6, 6.07) is 15.2. The predicted octanol–water partition coefficient (Wildman–Crippen LogP) is 2.33. The maximum Gasteiger partial charge on any atom is 0.312 e. The lowest BCUT2D eigenvalue weighted by Crippen LogP contribution is -2.41. The molecule has 3 aromatic rings. The number of carboxylic acids is 1. The smallest absolute Gasteiger partial charge is 0.312 e. The van der Waals surface area contributed by atoms with Gasteiger partial charge in [0, 0.05) is 25.5 Å². The quantitative estimate of drug-likeness (QED) is 0.787. The molecule has 0 aliphatic carbocycles. The number of carbonyl (C=O) groups is 2. The van der Waals surface area contributed by atoms with Crippen LogP contribution in [0.1, 0.15) is 22.7 Å². The zero-order valence-electron chi connectivity index (χ0n) is 14.4. The maximum absolute atomic E-state index is 12.9. The fraction of sp³-hybridized carbons (Fsp3) is 0.250. The summed E-state index contributed by atoms with van der Waals surface area (Å²) in [5, 5.41) is 15.0. The third-order valence-electron chi connectivity index (χ3n) is 5.00. The molecule has 1 aromatic heterocycles. The van der Waals surface area contributed by atoms with Gasteiger partial charge in [-0.25, -0.2) is 0 Å². The Morgan fingerprint density at radius 3 is 2.69 bits per heavy atom. The van der Waals surface area contributed by atoms with E-state index in [9.17, 15) is 14.7 Å². The first-order valence-corrected chi connectivity index (χ1v) is 8.53. The zero-order valence-corrected chi connectivity index (χ0v) is 14.4. The number of rotatable bonds is 3. The van der Waals surface area contributed by atoms with Gasteiger partial charge < -0.3 is 10.0 Å². The lowest BCUT2D eigenvalue weighted by atomic mass is 9.89. The van der Waals surface area contributed by atoms with Crippen LogP contribution in [-0.4, -0.2) is 38.2 Å². The van der Waals surface area contributed by atoms with Crippen molar-refractivity contribution in [2.45, 2.75) is 18.9 Å². The molecule has 6 nitrogen and oxygen atoms in total. The molecule has 0 fully saturated rings. The van der Waals surface area contributed by atoms with E-state index in [0.717, 1.165) is 27.7 Å². The molecule has 1 atom stereocenters. The van der Waals surface area contributed by atoms with Crippen molar-refractivity contribution in [3.63, 3.8) is 0 Å². The van der Waals surface area contributed by atoms with Gasteiger partial charge in [-0.3, -0.25) is 14.3 Å². The van der Waals surface area contributed by atoms with Gasteiger partial charge in [-0.15, -0.1) is 0 Å². The fourth-order valence-corrected chi connectivity index (χ4v) is 3.68. The van der Waals surface area contributed by atoms with Crippen LogP contribution in [0.4, 0.5) is 0 Å². The summed E-state index contributed by atoms with van der Waals surface area (Å²) in [6.45, 7) is 0.625. The average Bonchev–Trinajstić information content (AvgIpc) is 2.96. The number of benzene rings is 2. The van der Waals surface area contributed by atoms with Crippen LogP contribution in [0.5, 0.6) is 0 Å². The average molecular weight is 349 g/mol. The Labute approximate surface area is 150 Å². The van der Waals surface area contributed by atoms with Gasteiger partial charge in [0.25, 0.3) is 0 Å². The molecule has 0 spiro atoms. The molecular weight excluding hydrogens is 330 g/mol. The Kier molecular flexibility index (Phi) is 3.95. The highest BCUT2D eigenvalue weighted by Crippen LogP contribution is 2.29. The van der Waals surface area contributed by atoms with Gasteiger partial charge in [-0.05, 0) is 17.2 Å². The molecule has 0 radical (unpaired) electrons. The Morgan fingerprint density at radius 2 is 1.88 bits per heavy atom. The Hall–Kier alpha value is -3.15. The van der Waals surface area contributed by atoms with Gasteiger partial charge in [0.05, 0.1) is 23.5 Å². The molecule has 2 aromatic carbocycles. The summed E-state index contributed by atoms with van der Waals surface area (Å²) in [4.78, 5) is 26.2. The maximum atomic E-state index is 12.9. The molecule has 1 amide bonds. The van der Waals surface area contributed by atoms with E-state index in [-0.39, 0.29) is 18.9 Å². The van der Waals surface area contributed by atoms with Crippen molar-refractivity contribution in [2.24, 2.45) is 7.05 Å². The molecule has 4 rings (SSSR count). The second-order valence-electron chi connectivity index (χ2n) is 6.63. The van der Waals surface area contributed by atoms with Crippen LogP contribution < -0.4 is 0 Å². The molecule has 1 aliphatic rings. The fourth-order valence-electron chi connectivity index (χ4n) is 3.68. The molecule has 0 saturated carbocycles. The van der Waals surface area contributed by atoms with Crippen LogP contribution in [0.15, 0.2) is 48.5 Å². The number of fused-ring (bicyclic) bond motifs is 2. The second kappa shape index (κ2) is 6.29. The van der Waals surface area contributed by atoms with E-state index in [0.29, 0.717) is 6.54 Å². The van der Waals surface area contributed by atoms with Crippen molar-refractivity contribution in [2.75, 3.05) is 6.54 Å². The summed E-state index contributed by atoms with van der Waals surface area (Å²) in [6.07, 6.45) is 0.163. The first-order chi connectivity index (χ1) is 12.5. The van der Waals surface area contributed by atoms with E-state index in [1.54, 1.807) is 9.58 Å². The van der Waals surface area contributed by atoms with E-state index >= 15 is 0 Å². The molecule has 0 bridgehead atoms. The number of para-hydroxylation sites is 1. The lowest BCUT2D eigenvalue weighted by molar-refractivity contribution is -0.141. The number of amides is 1. The number of carboxylic acid groups (broad SMARTS) is 1. The van der Waals surface area contributed by atoms with E-state index in [1.165, 1.54) is 0 Å². The van der Waals surface area contributed by atoms with Crippen molar-refractivity contribution in [1.29, 1.82) is 0 Å². The van der Waals surface area contributed by atoms with E-state index in [2.05, 4.69) is 5.10 Å². The number of hydrogen-bond acceptors (Lipinski definition) is 3. The van der Waals surface area contributed by atoms with Crippen LogP contribution >= 0.6 is 0 Å². The first kappa shape index (κ1) is 16.3. The lowest BCUT2D eigenvalue weighted by Gasteiger charge is -2.32. The second-order valence-corrected chi connectivity index (χ2v) is 6.63. The summed E-state index contributed by atoms with van der Waals surface area (Å²) in [5.41, 5.74) is 3.39. The predicted molar refractivity (Wildman–Crippen MR) is 96.7 cm³/mol. The third-order valence-corrected chi connectivity index (χ3v) is 5.00. The summed E-state index contributed by atoms with van der Waals surface area (Å²) < 4.78 is 1.77. The largest absolute Gasteiger partial charge is 0.481 e. The number of aromatic nitrogens is 2. The van der Waals surface area contributed by atoms with E-state index < -0.39 is 11.9 Å². The molecular formula is C20H19N3O3. The molecule has 0 saturated heterocycles. The van der Waals surface area contributed by atoms with Crippen molar-refractivity contribution < 1.29 is 14.7 Å². The van der Waals surface area contributed by atoms with Crippen molar-refractivity contribution in [3.8, 4) is 0 Å². The molecule has 1 N–H and O–H groups in total. The van der Waals surface area contributed by atoms with Crippen LogP contribution in [0.2, 0.25) is 0 Å². The van der Waals surface area contributed by atoms with Gasteiger partial charge in [0.15, 0.2) is 0 Å². The third kappa shape index (κ3) is 2.73. The molecule has 26 heavy (non-hydrogen) atoms. The van der Waals surface area contributed by atoms with Gasteiger partial charge in [-0.2, -0.15) is 5.10 Å². The van der Waals surface area contributed by atoms with Crippen LogP contribution in [0.25, 0.3) is 10.9 Å². The Morgan fingerprint density at radius 1 is 1.15 bits per heavy atom. The molecule has 1 unspecified atom stereocenters. The number of hydrogen-bond donors (Lipinski definition) is 1. The molecule has 6 heteroatoms. The van der Waals surface area contributed by atoms with Gasteiger partial charge in [-0.1, -0.05) is 42.5 Å².